The van der Waals surface area contributed by atoms with Crippen molar-refractivity contribution in [1.82, 2.24) is 0 Å². The van der Waals surface area contributed by atoms with Gasteiger partial charge in [0.1, 0.15) is 11.3 Å². The van der Waals surface area contributed by atoms with Crippen LogP contribution in [0.4, 0.5) is 13.2 Å². The molecule has 0 spiro atoms. The third-order valence-corrected chi connectivity index (χ3v) is 4.94. The van der Waals surface area contributed by atoms with E-state index in [4.69, 9.17) is 9.84 Å². The second-order valence-electron chi connectivity index (χ2n) is 7.33. The number of ether oxygens (including phenoxy) is 1. The lowest BCUT2D eigenvalue weighted by Gasteiger charge is -2.32. The van der Waals surface area contributed by atoms with Gasteiger partial charge in [-0.25, -0.2) is 4.79 Å². The molecule has 0 heterocycles. The molecule has 26 heavy (non-hydrogen) atoms. The molecule has 0 radical (unpaired) electrons. The lowest BCUT2D eigenvalue weighted by atomic mass is 9.82. The van der Waals surface area contributed by atoms with Gasteiger partial charge in [0.2, 0.25) is 0 Å². The molecule has 0 aliphatic heterocycles. The Hall–Kier alpha value is -2.24. The van der Waals surface area contributed by atoms with Crippen molar-refractivity contribution in [2.24, 2.45) is 11.8 Å². The summed E-state index contributed by atoms with van der Waals surface area (Å²) in [5, 5.41) is 9.23. The molecule has 1 N–H and O–H groups in total. The zero-order valence-electron chi connectivity index (χ0n) is 14.6. The fraction of sp³-hybridized carbons (Fsp3) is 0.450. The summed E-state index contributed by atoms with van der Waals surface area (Å²) in [6, 6.07) is 6.44. The van der Waals surface area contributed by atoms with Crippen LogP contribution in [0.5, 0.6) is 5.75 Å². The third kappa shape index (κ3) is 3.79. The van der Waals surface area contributed by atoms with Gasteiger partial charge in [0.15, 0.2) is 0 Å². The Morgan fingerprint density at radius 2 is 1.73 bits per heavy atom. The van der Waals surface area contributed by atoms with Gasteiger partial charge in [-0.15, -0.1) is 0 Å². The van der Waals surface area contributed by atoms with Crippen LogP contribution in [0.15, 0.2) is 30.3 Å². The molecule has 0 aromatic heterocycles. The molecule has 140 valence electrons. The van der Waals surface area contributed by atoms with Crippen molar-refractivity contribution in [3.63, 3.8) is 0 Å². The van der Waals surface area contributed by atoms with Gasteiger partial charge in [0.05, 0.1) is 11.7 Å². The zero-order chi connectivity index (χ0) is 19.1. The molecule has 0 bridgehead atoms. The predicted molar refractivity (Wildman–Crippen MR) is 92.5 cm³/mol. The Morgan fingerprint density at radius 3 is 2.31 bits per heavy atom. The van der Waals surface area contributed by atoms with Gasteiger partial charge < -0.3 is 9.84 Å². The number of aromatic carboxylic acids is 1. The van der Waals surface area contributed by atoms with E-state index in [2.05, 4.69) is 13.8 Å². The van der Waals surface area contributed by atoms with E-state index < -0.39 is 17.7 Å². The lowest BCUT2D eigenvalue weighted by molar-refractivity contribution is -0.138. The first kappa shape index (κ1) is 18.5. The Kier molecular flexibility index (Phi) is 4.86. The number of carboxylic acids is 1. The fourth-order valence-electron chi connectivity index (χ4n) is 3.98. The van der Waals surface area contributed by atoms with Crippen molar-refractivity contribution in [3.05, 3.63) is 41.5 Å². The maximum absolute atomic E-state index is 13.7. The van der Waals surface area contributed by atoms with E-state index >= 15 is 0 Å². The second kappa shape index (κ2) is 6.82. The van der Waals surface area contributed by atoms with Gasteiger partial charge >= 0.3 is 12.1 Å². The van der Waals surface area contributed by atoms with Crippen molar-refractivity contribution in [2.75, 3.05) is 0 Å². The number of fused-ring (bicyclic) bond motifs is 1. The molecule has 6 heteroatoms. The number of rotatable bonds is 3. The number of halogens is 3. The minimum absolute atomic E-state index is 0.0445. The lowest BCUT2D eigenvalue weighted by Crippen LogP contribution is -2.29. The highest BCUT2D eigenvalue weighted by atomic mass is 19.4. The first-order valence-corrected chi connectivity index (χ1v) is 8.69. The van der Waals surface area contributed by atoms with Crippen molar-refractivity contribution in [1.29, 1.82) is 0 Å². The zero-order valence-corrected chi connectivity index (χ0v) is 14.6. The second-order valence-corrected chi connectivity index (χ2v) is 7.33. The van der Waals surface area contributed by atoms with Gasteiger partial charge in [-0.2, -0.15) is 13.2 Å². The molecule has 0 amide bonds. The summed E-state index contributed by atoms with van der Waals surface area (Å²) in [5.74, 6) is -0.529. The van der Waals surface area contributed by atoms with Gasteiger partial charge in [-0.3, -0.25) is 0 Å². The first-order valence-electron chi connectivity index (χ1n) is 8.69. The molecule has 1 fully saturated rings. The summed E-state index contributed by atoms with van der Waals surface area (Å²) in [6.07, 6.45) is -2.31. The van der Waals surface area contributed by atoms with Crippen LogP contribution in [-0.2, 0) is 6.18 Å². The Bertz CT molecular complexity index is 819. The summed E-state index contributed by atoms with van der Waals surface area (Å²) in [4.78, 5) is 11.1. The summed E-state index contributed by atoms with van der Waals surface area (Å²) < 4.78 is 47.0. The van der Waals surface area contributed by atoms with Crippen LogP contribution in [-0.4, -0.2) is 17.2 Å². The van der Waals surface area contributed by atoms with E-state index in [1.807, 2.05) is 0 Å². The summed E-state index contributed by atoms with van der Waals surface area (Å²) in [5.41, 5.74) is -0.882. The van der Waals surface area contributed by atoms with E-state index in [0.717, 1.165) is 19.3 Å². The average Bonchev–Trinajstić information content (AvgIpc) is 2.51. The Labute approximate surface area is 149 Å². The number of hydrogen-bond donors (Lipinski definition) is 1. The molecule has 3 nitrogen and oxygen atoms in total. The van der Waals surface area contributed by atoms with Crippen LogP contribution in [0.2, 0.25) is 0 Å². The van der Waals surface area contributed by atoms with Crippen LogP contribution in [0, 0.1) is 11.8 Å². The SMILES string of the molecule is C[C@H]1CC(Oc2ccc3cc(C(=O)O)ccc3c2C(F)(F)F)C[C@H](C)C1. The molecule has 3 rings (SSSR count). The van der Waals surface area contributed by atoms with Gasteiger partial charge in [-0.05, 0) is 60.1 Å². The molecule has 1 aliphatic carbocycles. The highest BCUT2D eigenvalue weighted by Gasteiger charge is 2.37. The molecular formula is C20H21F3O3. The summed E-state index contributed by atoms with van der Waals surface area (Å²) in [7, 11) is 0. The highest BCUT2D eigenvalue weighted by molar-refractivity contribution is 5.96. The summed E-state index contributed by atoms with van der Waals surface area (Å²) in [6.45, 7) is 4.18. The average molecular weight is 366 g/mol. The van der Waals surface area contributed by atoms with Crippen LogP contribution in [0.3, 0.4) is 0 Å². The monoisotopic (exact) mass is 366 g/mol. The number of carboxylic acid groups (broad SMARTS) is 1. The smallest absolute Gasteiger partial charge is 0.420 e. The van der Waals surface area contributed by atoms with Gasteiger partial charge in [0.25, 0.3) is 0 Å². The number of alkyl halides is 3. The first-order chi connectivity index (χ1) is 12.1. The number of hydrogen-bond acceptors (Lipinski definition) is 2. The Balaban J connectivity index is 2.04. The van der Waals surface area contributed by atoms with Crippen LogP contribution >= 0.6 is 0 Å². The van der Waals surface area contributed by atoms with Crippen LogP contribution < -0.4 is 4.74 Å². The van der Waals surface area contributed by atoms with Crippen molar-refractivity contribution < 1.29 is 27.8 Å². The highest BCUT2D eigenvalue weighted by Crippen LogP contribution is 2.43. The van der Waals surface area contributed by atoms with Crippen molar-refractivity contribution >= 4 is 16.7 Å². The van der Waals surface area contributed by atoms with Gasteiger partial charge in [-0.1, -0.05) is 26.0 Å². The molecule has 0 unspecified atom stereocenters. The third-order valence-electron chi connectivity index (χ3n) is 4.94. The molecule has 1 saturated carbocycles. The fourth-order valence-corrected chi connectivity index (χ4v) is 3.98. The largest absolute Gasteiger partial charge is 0.490 e. The maximum atomic E-state index is 13.7. The molecule has 0 saturated heterocycles. The minimum atomic E-state index is -4.59. The standard InChI is InChI=1S/C20H21F3O3/c1-11-7-12(2)9-15(8-11)26-17-6-4-13-10-14(19(24)25)3-5-16(13)18(17)20(21,22)23/h3-6,10-12,15H,7-9H2,1-2H3,(H,24,25)/t11-,12-/m1/s1. The van der Waals surface area contributed by atoms with E-state index in [0.29, 0.717) is 11.8 Å². The van der Waals surface area contributed by atoms with E-state index in [9.17, 15) is 18.0 Å². The van der Waals surface area contributed by atoms with E-state index in [-0.39, 0.29) is 28.2 Å². The number of benzene rings is 2. The molecule has 1 aliphatic rings. The Morgan fingerprint density at radius 1 is 1.08 bits per heavy atom. The van der Waals surface area contributed by atoms with E-state index in [1.54, 1.807) is 0 Å². The van der Waals surface area contributed by atoms with E-state index in [1.165, 1.54) is 30.3 Å². The maximum Gasteiger partial charge on any atom is 0.420 e. The molecular weight excluding hydrogens is 345 g/mol. The summed E-state index contributed by atoms with van der Waals surface area (Å²) >= 11 is 0. The molecule has 2 atom stereocenters. The van der Waals surface area contributed by atoms with Crippen molar-refractivity contribution in [2.45, 2.75) is 45.4 Å². The number of carbonyl (C=O) groups is 1. The minimum Gasteiger partial charge on any atom is -0.490 e. The van der Waals surface area contributed by atoms with Gasteiger partial charge in [0, 0.05) is 0 Å². The normalized spacial score (nSPS) is 23.8. The van der Waals surface area contributed by atoms with Crippen LogP contribution in [0.1, 0.15) is 49.0 Å². The molecule has 2 aromatic rings. The predicted octanol–water partition coefficient (Wildman–Crippen LogP) is 5.76. The molecule has 2 aromatic carbocycles. The van der Waals surface area contributed by atoms with Crippen molar-refractivity contribution in [3.8, 4) is 5.75 Å². The topological polar surface area (TPSA) is 46.5 Å². The quantitative estimate of drug-likeness (QED) is 0.751. The van der Waals surface area contributed by atoms with Crippen LogP contribution in [0.25, 0.3) is 10.8 Å².